The summed E-state index contributed by atoms with van der Waals surface area (Å²) in [5.41, 5.74) is 1.15. The SMILES string of the molecule is CC(=O)N(CC(=S)N(C)C)[C@@H](C)c1cccc2ccccc12. The van der Waals surface area contributed by atoms with Crippen LogP contribution in [0.4, 0.5) is 0 Å². The molecule has 0 aliphatic rings. The summed E-state index contributed by atoms with van der Waals surface area (Å²) in [4.78, 5) is 16.6. The predicted molar refractivity (Wildman–Crippen MR) is 96.0 cm³/mol. The lowest BCUT2D eigenvalue weighted by Gasteiger charge is -2.31. The van der Waals surface area contributed by atoms with Gasteiger partial charge in [0.25, 0.3) is 0 Å². The summed E-state index contributed by atoms with van der Waals surface area (Å²) in [6.07, 6.45) is 0. The summed E-state index contributed by atoms with van der Waals surface area (Å²) in [5, 5.41) is 2.37. The first-order chi connectivity index (χ1) is 10.4. The van der Waals surface area contributed by atoms with Crippen molar-refractivity contribution in [3.05, 3.63) is 48.0 Å². The molecular formula is C18H22N2OS. The Bertz CT molecular complexity index is 691. The molecule has 116 valence electrons. The van der Waals surface area contributed by atoms with Crippen LogP contribution in [0.25, 0.3) is 10.8 Å². The van der Waals surface area contributed by atoms with Crippen LogP contribution in [-0.4, -0.2) is 41.3 Å². The first-order valence-corrected chi connectivity index (χ1v) is 7.77. The second kappa shape index (κ2) is 6.88. The van der Waals surface area contributed by atoms with Crippen molar-refractivity contribution in [3.8, 4) is 0 Å². The van der Waals surface area contributed by atoms with Crippen LogP contribution in [0.2, 0.25) is 0 Å². The van der Waals surface area contributed by atoms with E-state index in [1.807, 2.05) is 42.1 Å². The van der Waals surface area contributed by atoms with Gasteiger partial charge in [0.2, 0.25) is 5.91 Å². The van der Waals surface area contributed by atoms with Crippen molar-refractivity contribution in [2.75, 3.05) is 20.6 Å². The zero-order valence-electron chi connectivity index (χ0n) is 13.5. The molecule has 0 unspecified atom stereocenters. The van der Waals surface area contributed by atoms with E-state index in [0.717, 1.165) is 10.6 Å². The van der Waals surface area contributed by atoms with E-state index in [-0.39, 0.29) is 11.9 Å². The third kappa shape index (κ3) is 3.45. The number of hydrogen-bond acceptors (Lipinski definition) is 2. The largest absolute Gasteiger partial charge is 0.371 e. The van der Waals surface area contributed by atoms with Crippen LogP contribution < -0.4 is 0 Å². The molecule has 0 aromatic heterocycles. The summed E-state index contributed by atoms with van der Waals surface area (Å²) < 4.78 is 0. The zero-order valence-corrected chi connectivity index (χ0v) is 14.4. The van der Waals surface area contributed by atoms with Crippen molar-refractivity contribution < 1.29 is 4.79 Å². The summed E-state index contributed by atoms with van der Waals surface area (Å²) >= 11 is 5.37. The Balaban J connectivity index is 2.39. The molecule has 2 aromatic carbocycles. The highest BCUT2D eigenvalue weighted by Gasteiger charge is 2.21. The molecule has 0 N–H and O–H groups in total. The monoisotopic (exact) mass is 314 g/mol. The lowest BCUT2D eigenvalue weighted by atomic mass is 9.98. The third-order valence-electron chi connectivity index (χ3n) is 3.95. The van der Waals surface area contributed by atoms with E-state index < -0.39 is 0 Å². The highest BCUT2D eigenvalue weighted by molar-refractivity contribution is 7.80. The number of fused-ring (bicyclic) bond motifs is 1. The highest BCUT2D eigenvalue weighted by atomic mass is 32.1. The fraction of sp³-hybridized carbons (Fsp3) is 0.333. The molecule has 0 fully saturated rings. The van der Waals surface area contributed by atoms with Gasteiger partial charge in [-0.05, 0) is 23.3 Å². The maximum atomic E-state index is 12.1. The fourth-order valence-corrected chi connectivity index (χ4v) is 2.73. The Labute approximate surface area is 137 Å². The molecule has 0 aliphatic carbocycles. The molecule has 0 saturated heterocycles. The molecule has 2 aromatic rings. The molecular weight excluding hydrogens is 292 g/mol. The smallest absolute Gasteiger partial charge is 0.220 e. The van der Waals surface area contributed by atoms with Gasteiger partial charge < -0.3 is 9.80 Å². The van der Waals surface area contributed by atoms with E-state index in [1.54, 1.807) is 6.92 Å². The number of nitrogens with zero attached hydrogens (tertiary/aromatic N) is 2. The van der Waals surface area contributed by atoms with Gasteiger partial charge in [0.1, 0.15) is 0 Å². The van der Waals surface area contributed by atoms with Gasteiger partial charge in [0, 0.05) is 21.0 Å². The number of thiocarbonyl (C=S) groups is 1. The maximum absolute atomic E-state index is 12.1. The first-order valence-electron chi connectivity index (χ1n) is 7.37. The Morgan fingerprint density at radius 1 is 1.14 bits per heavy atom. The van der Waals surface area contributed by atoms with Crippen LogP contribution in [0.1, 0.15) is 25.5 Å². The molecule has 2 rings (SSSR count). The Morgan fingerprint density at radius 2 is 1.77 bits per heavy atom. The molecule has 0 saturated carbocycles. The molecule has 1 atom stereocenters. The van der Waals surface area contributed by atoms with Gasteiger partial charge >= 0.3 is 0 Å². The van der Waals surface area contributed by atoms with Crippen molar-refractivity contribution in [2.45, 2.75) is 19.9 Å². The predicted octanol–water partition coefficient (Wildman–Crippen LogP) is 3.64. The van der Waals surface area contributed by atoms with Crippen LogP contribution in [0, 0.1) is 0 Å². The lowest BCUT2D eigenvalue weighted by molar-refractivity contribution is -0.130. The van der Waals surface area contributed by atoms with Gasteiger partial charge in [-0.1, -0.05) is 54.7 Å². The van der Waals surface area contributed by atoms with E-state index >= 15 is 0 Å². The van der Waals surface area contributed by atoms with E-state index in [2.05, 4.69) is 31.2 Å². The maximum Gasteiger partial charge on any atom is 0.220 e. The van der Waals surface area contributed by atoms with E-state index in [9.17, 15) is 4.79 Å². The molecule has 0 spiro atoms. The van der Waals surface area contributed by atoms with Crippen molar-refractivity contribution in [3.63, 3.8) is 0 Å². The van der Waals surface area contributed by atoms with Crippen molar-refractivity contribution in [1.29, 1.82) is 0 Å². The molecule has 22 heavy (non-hydrogen) atoms. The van der Waals surface area contributed by atoms with Crippen LogP contribution in [0.3, 0.4) is 0 Å². The number of hydrogen-bond donors (Lipinski definition) is 0. The van der Waals surface area contributed by atoms with Gasteiger partial charge in [-0.25, -0.2) is 0 Å². The van der Waals surface area contributed by atoms with Crippen molar-refractivity contribution >= 4 is 33.9 Å². The van der Waals surface area contributed by atoms with Crippen molar-refractivity contribution in [1.82, 2.24) is 9.80 Å². The normalized spacial score (nSPS) is 12.0. The Kier molecular flexibility index (Phi) is 5.14. The van der Waals surface area contributed by atoms with Crippen LogP contribution in [0.5, 0.6) is 0 Å². The number of benzene rings is 2. The number of likely N-dealkylation sites (N-methyl/N-ethyl adjacent to an activating group) is 1. The molecule has 4 heteroatoms. The lowest BCUT2D eigenvalue weighted by Crippen LogP contribution is -2.39. The quantitative estimate of drug-likeness (QED) is 0.805. The summed E-state index contributed by atoms with van der Waals surface area (Å²) in [6.45, 7) is 4.11. The summed E-state index contributed by atoms with van der Waals surface area (Å²) in [5.74, 6) is 0.0321. The first kappa shape index (κ1) is 16.4. The van der Waals surface area contributed by atoms with Gasteiger partial charge in [0.15, 0.2) is 0 Å². The molecule has 1 amide bonds. The second-order valence-corrected chi connectivity index (χ2v) is 6.15. The molecule has 0 aliphatic heterocycles. The Hall–Kier alpha value is -1.94. The van der Waals surface area contributed by atoms with Gasteiger partial charge in [-0.15, -0.1) is 0 Å². The molecule has 0 radical (unpaired) electrons. The van der Waals surface area contributed by atoms with Crippen LogP contribution in [0.15, 0.2) is 42.5 Å². The number of rotatable bonds is 4. The topological polar surface area (TPSA) is 23.6 Å². The third-order valence-corrected chi connectivity index (χ3v) is 4.44. The average molecular weight is 314 g/mol. The van der Waals surface area contributed by atoms with E-state index in [1.165, 1.54) is 10.8 Å². The number of carbonyl (C=O) groups is 1. The van der Waals surface area contributed by atoms with E-state index in [4.69, 9.17) is 12.2 Å². The van der Waals surface area contributed by atoms with Gasteiger partial charge in [0.05, 0.1) is 17.6 Å². The summed E-state index contributed by atoms with van der Waals surface area (Å²) in [7, 11) is 3.81. The van der Waals surface area contributed by atoms with Gasteiger partial charge in [-0.3, -0.25) is 4.79 Å². The average Bonchev–Trinajstić information content (AvgIpc) is 2.50. The second-order valence-electron chi connectivity index (χ2n) is 5.68. The Morgan fingerprint density at radius 3 is 2.41 bits per heavy atom. The standard InChI is InChI=1S/C18H22N2OS/c1-13(20(14(2)21)12-18(22)19(3)4)16-11-7-9-15-8-5-6-10-17(15)16/h5-11,13H,12H2,1-4H3/t13-/m0/s1. The van der Waals surface area contributed by atoms with Gasteiger partial charge in [-0.2, -0.15) is 0 Å². The minimum Gasteiger partial charge on any atom is -0.371 e. The molecule has 0 bridgehead atoms. The van der Waals surface area contributed by atoms with Crippen LogP contribution in [-0.2, 0) is 4.79 Å². The highest BCUT2D eigenvalue weighted by Crippen LogP contribution is 2.28. The minimum atomic E-state index is -0.0264. The van der Waals surface area contributed by atoms with Crippen molar-refractivity contribution in [2.24, 2.45) is 0 Å². The molecule has 3 nitrogen and oxygen atoms in total. The minimum absolute atomic E-state index is 0.0264. The zero-order chi connectivity index (χ0) is 16.3. The summed E-state index contributed by atoms with van der Waals surface area (Å²) in [6, 6.07) is 14.4. The van der Waals surface area contributed by atoms with E-state index in [0.29, 0.717) is 6.54 Å². The molecule has 0 heterocycles. The fourth-order valence-electron chi connectivity index (χ4n) is 2.59. The number of carbonyl (C=O) groups excluding carboxylic acids is 1. The number of amides is 1. The van der Waals surface area contributed by atoms with Crippen LogP contribution >= 0.6 is 12.2 Å².